The molecule has 1 fully saturated rings. The molecule has 1 amide bonds. The van der Waals surface area contributed by atoms with Crippen molar-refractivity contribution in [2.24, 2.45) is 13.0 Å². The molecule has 0 aromatic carbocycles. The first-order valence-corrected chi connectivity index (χ1v) is 8.14. The van der Waals surface area contributed by atoms with Crippen LogP contribution in [0.2, 0.25) is 0 Å². The molecule has 0 aliphatic carbocycles. The molecule has 1 aliphatic rings. The second kappa shape index (κ2) is 8.29. The van der Waals surface area contributed by atoms with Crippen LogP contribution >= 0.6 is 0 Å². The maximum absolute atomic E-state index is 12.2. The number of hydrogen-bond acceptors (Lipinski definition) is 4. The maximum Gasteiger partial charge on any atom is 0.220 e. The second-order valence-electron chi connectivity index (χ2n) is 6.24. The fraction of sp³-hybridized carbons (Fsp3) is 0.750. The molecule has 1 atom stereocenters. The Bertz CT molecular complexity index is 466. The molecule has 0 saturated carbocycles. The van der Waals surface area contributed by atoms with Crippen molar-refractivity contribution in [1.82, 2.24) is 19.8 Å². The third-order valence-electron chi connectivity index (χ3n) is 4.10. The molecule has 1 aromatic heterocycles. The van der Waals surface area contributed by atoms with Crippen molar-refractivity contribution in [3.05, 3.63) is 18.2 Å². The van der Waals surface area contributed by atoms with Crippen LogP contribution in [0, 0.1) is 5.92 Å². The summed E-state index contributed by atoms with van der Waals surface area (Å²) in [4.78, 5) is 18.9. The molecule has 1 N–H and O–H groups in total. The molecule has 6 nitrogen and oxygen atoms in total. The van der Waals surface area contributed by atoms with E-state index >= 15 is 0 Å². The van der Waals surface area contributed by atoms with E-state index in [9.17, 15) is 4.79 Å². The van der Waals surface area contributed by atoms with Crippen LogP contribution in [0.1, 0.15) is 38.6 Å². The molecule has 1 aliphatic heterocycles. The highest BCUT2D eigenvalue weighted by molar-refractivity contribution is 5.76. The van der Waals surface area contributed by atoms with Gasteiger partial charge in [0.2, 0.25) is 5.91 Å². The quantitative estimate of drug-likeness (QED) is 0.826. The molecular formula is C16H28N4O2. The molecule has 0 unspecified atom stereocenters. The van der Waals surface area contributed by atoms with E-state index in [1.54, 1.807) is 6.20 Å². The van der Waals surface area contributed by atoms with Gasteiger partial charge in [0.1, 0.15) is 5.82 Å². The molecule has 1 aromatic rings. The van der Waals surface area contributed by atoms with Gasteiger partial charge in [0.05, 0.1) is 19.3 Å². The molecule has 124 valence electrons. The molecule has 0 spiro atoms. The summed E-state index contributed by atoms with van der Waals surface area (Å²) in [7, 11) is 1.96. The number of rotatable bonds is 7. The predicted molar refractivity (Wildman–Crippen MR) is 85.4 cm³/mol. The first-order valence-electron chi connectivity index (χ1n) is 8.14. The van der Waals surface area contributed by atoms with Crippen LogP contribution in [0.3, 0.4) is 0 Å². The topological polar surface area (TPSA) is 59.4 Å². The Morgan fingerprint density at radius 3 is 2.73 bits per heavy atom. The Hall–Kier alpha value is -1.40. The lowest BCUT2D eigenvalue weighted by Gasteiger charge is -2.26. The van der Waals surface area contributed by atoms with Gasteiger partial charge in [-0.25, -0.2) is 4.98 Å². The Labute approximate surface area is 132 Å². The third-order valence-corrected chi connectivity index (χ3v) is 4.10. The summed E-state index contributed by atoms with van der Waals surface area (Å²) in [5.41, 5.74) is 0. The van der Waals surface area contributed by atoms with Crippen molar-refractivity contribution in [1.29, 1.82) is 0 Å². The highest BCUT2D eigenvalue weighted by Gasteiger charge is 2.21. The van der Waals surface area contributed by atoms with Gasteiger partial charge in [0.15, 0.2) is 0 Å². The number of nitrogens with zero attached hydrogens (tertiary/aromatic N) is 3. The Morgan fingerprint density at radius 2 is 2.14 bits per heavy atom. The SMILES string of the molecule is CC(C)[C@@H](NC(=O)CCCN1CCOCC1)c1nccn1C. The number of ether oxygens (including phenoxy) is 1. The van der Waals surface area contributed by atoms with Gasteiger partial charge in [0.25, 0.3) is 0 Å². The summed E-state index contributed by atoms with van der Waals surface area (Å²) in [6, 6.07) is -0.0316. The third kappa shape index (κ3) is 4.81. The minimum absolute atomic E-state index is 0.0316. The van der Waals surface area contributed by atoms with E-state index in [-0.39, 0.29) is 11.9 Å². The van der Waals surface area contributed by atoms with Gasteiger partial charge < -0.3 is 14.6 Å². The van der Waals surface area contributed by atoms with E-state index in [0.29, 0.717) is 12.3 Å². The average Bonchev–Trinajstić information content (AvgIpc) is 2.91. The van der Waals surface area contributed by atoms with E-state index in [2.05, 4.69) is 29.0 Å². The van der Waals surface area contributed by atoms with Crippen LogP contribution in [-0.2, 0) is 16.6 Å². The van der Waals surface area contributed by atoms with Crippen LogP contribution in [-0.4, -0.2) is 53.2 Å². The van der Waals surface area contributed by atoms with Gasteiger partial charge in [-0.05, 0) is 18.9 Å². The summed E-state index contributed by atoms with van der Waals surface area (Å²) in [6.45, 7) is 8.74. The van der Waals surface area contributed by atoms with Crippen molar-refractivity contribution in [2.75, 3.05) is 32.8 Å². The van der Waals surface area contributed by atoms with Gasteiger partial charge >= 0.3 is 0 Å². The summed E-state index contributed by atoms with van der Waals surface area (Å²) >= 11 is 0. The summed E-state index contributed by atoms with van der Waals surface area (Å²) in [5.74, 6) is 1.33. The molecule has 6 heteroatoms. The number of aromatic nitrogens is 2. The van der Waals surface area contributed by atoms with Crippen LogP contribution in [0.25, 0.3) is 0 Å². The molecule has 0 radical (unpaired) electrons. The zero-order valence-electron chi connectivity index (χ0n) is 13.9. The Morgan fingerprint density at radius 1 is 1.41 bits per heavy atom. The van der Waals surface area contributed by atoms with Gasteiger partial charge in [-0.15, -0.1) is 0 Å². The molecular weight excluding hydrogens is 280 g/mol. The fourth-order valence-electron chi connectivity index (χ4n) is 2.74. The molecule has 22 heavy (non-hydrogen) atoms. The number of carbonyl (C=O) groups is 1. The lowest BCUT2D eigenvalue weighted by molar-refractivity contribution is -0.122. The van der Waals surface area contributed by atoms with Crippen molar-refractivity contribution in [3.63, 3.8) is 0 Å². The maximum atomic E-state index is 12.2. The van der Waals surface area contributed by atoms with E-state index < -0.39 is 0 Å². The van der Waals surface area contributed by atoms with Crippen molar-refractivity contribution >= 4 is 5.91 Å². The molecule has 0 bridgehead atoms. The number of imidazole rings is 1. The average molecular weight is 308 g/mol. The predicted octanol–water partition coefficient (Wildman–Crippen LogP) is 1.35. The van der Waals surface area contributed by atoms with Gasteiger partial charge in [-0.2, -0.15) is 0 Å². The lowest BCUT2D eigenvalue weighted by atomic mass is 10.0. The monoisotopic (exact) mass is 308 g/mol. The number of hydrogen-bond donors (Lipinski definition) is 1. The van der Waals surface area contributed by atoms with E-state index in [1.807, 2.05) is 17.8 Å². The standard InChI is InChI=1S/C16H28N4O2/c1-13(2)15(16-17-6-8-19(16)3)18-14(21)5-4-7-20-9-11-22-12-10-20/h6,8,13,15H,4-5,7,9-12H2,1-3H3,(H,18,21)/t15-/m1/s1. The number of aryl methyl sites for hydroxylation is 1. The largest absolute Gasteiger partial charge is 0.379 e. The van der Waals surface area contributed by atoms with Gasteiger partial charge in [0, 0.05) is 39.0 Å². The van der Waals surface area contributed by atoms with Crippen molar-refractivity contribution in [2.45, 2.75) is 32.7 Å². The minimum Gasteiger partial charge on any atom is -0.379 e. The van der Waals surface area contributed by atoms with Crippen LogP contribution in [0.5, 0.6) is 0 Å². The number of carbonyl (C=O) groups excluding carboxylic acids is 1. The highest BCUT2D eigenvalue weighted by atomic mass is 16.5. The summed E-state index contributed by atoms with van der Waals surface area (Å²) in [5, 5.41) is 3.13. The van der Waals surface area contributed by atoms with E-state index in [0.717, 1.165) is 45.1 Å². The van der Waals surface area contributed by atoms with Crippen LogP contribution in [0.15, 0.2) is 12.4 Å². The van der Waals surface area contributed by atoms with Crippen LogP contribution < -0.4 is 5.32 Å². The number of morpholine rings is 1. The zero-order valence-corrected chi connectivity index (χ0v) is 13.9. The van der Waals surface area contributed by atoms with Gasteiger partial charge in [-0.3, -0.25) is 9.69 Å². The lowest BCUT2D eigenvalue weighted by Crippen LogP contribution is -2.38. The fourth-order valence-corrected chi connectivity index (χ4v) is 2.74. The van der Waals surface area contributed by atoms with Crippen LogP contribution in [0.4, 0.5) is 0 Å². The summed E-state index contributed by atoms with van der Waals surface area (Å²) < 4.78 is 7.30. The van der Waals surface area contributed by atoms with Crippen molar-refractivity contribution in [3.8, 4) is 0 Å². The Kier molecular flexibility index (Phi) is 6.39. The molecule has 2 rings (SSSR count). The van der Waals surface area contributed by atoms with Crippen molar-refractivity contribution < 1.29 is 9.53 Å². The van der Waals surface area contributed by atoms with E-state index in [4.69, 9.17) is 4.74 Å². The molecule has 2 heterocycles. The molecule has 1 saturated heterocycles. The van der Waals surface area contributed by atoms with Gasteiger partial charge in [-0.1, -0.05) is 13.8 Å². The minimum atomic E-state index is -0.0316. The highest BCUT2D eigenvalue weighted by Crippen LogP contribution is 2.19. The number of amides is 1. The smallest absolute Gasteiger partial charge is 0.220 e. The van der Waals surface area contributed by atoms with E-state index in [1.165, 1.54) is 0 Å². The first kappa shape index (κ1) is 17.0. The Balaban J connectivity index is 1.77. The second-order valence-corrected chi connectivity index (χ2v) is 6.24. The zero-order chi connectivity index (χ0) is 15.9. The number of nitrogens with one attached hydrogen (secondary N) is 1. The normalized spacial score (nSPS) is 17.6. The summed E-state index contributed by atoms with van der Waals surface area (Å²) in [6.07, 6.45) is 5.13. The first-order chi connectivity index (χ1) is 10.6.